The highest BCUT2D eigenvalue weighted by atomic mass is 19.1. The zero-order chi connectivity index (χ0) is 27.5. The first-order valence-electron chi connectivity index (χ1n) is 13.4. The highest BCUT2D eigenvalue weighted by Gasteiger charge is 2.55. The quantitative estimate of drug-likeness (QED) is 0.557. The van der Waals surface area contributed by atoms with Gasteiger partial charge in [0.1, 0.15) is 11.9 Å². The summed E-state index contributed by atoms with van der Waals surface area (Å²) in [6.07, 6.45) is 3.30. The summed E-state index contributed by atoms with van der Waals surface area (Å²) in [6, 6.07) is 15.6. The van der Waals surface area contributed by atoms with Gasteiger partial charge in [-0.25, -0.2) is 4.39 Å². The number of halogens is 1. The largest absolute Gasteiger partial charge is 0.345 e. The van der Waals surface area contributed by atoms with E-state index >= 15 is 0 Å². The average Bonchev–Trinajstić information content (AvgIpc) is 3.12. The molecule has 2 fully saturated rings. The molecule has 2 aliphatic rings. The Morgan fingerprint density at radius 1 is 1.16 bits per heavy atom. The lowest BCUT2D eigenvalue weighted by atomic mass is 9.69. The predicted molar refractivity (Wildman–Crippen MR) is 145 cm³/mol. The van der Waals surface area contributed by atoms with Crippen LogP contribution >= 0.6 is 0 Å². The van der Waals surface area contributed by atoms with Crippen LogP contribution in [0.3, 0.4) is 0 Å². The maximum atomic E-state index is 13.9. The molecule has 0 aromatic heterocycles. The van der Waals surface area contributed by atoms with Gasteiger partial charge in [0.05, 0.1) is 11.0 Å². The number of hydrogen-bond acceptors (Lipinski definition) is 4. The first kappa shape index (κ1) is 27.8. The van der Waals surface area contributed by atoms with Crippen LogP contribution in [-0.4, -0.2) is 65.8 Å². The fourth-order valence-electron chi connectivity index (χ4n) is 5.89. The molecule has 1 spiro atoms. The maximum Gasteiger partial charge on any atom is 0.245 e. The highest BCUT2D eigenvalue weighted by Crippen LogP contribution is 2.49. The van der Waals surface area contributed by atoms with Crippen LogP contribution in [-0.2, 0) is 20.8 Å². The molecule has 0 radical (unpaired) electrons. The van der Waals surface area contributed by atoms with Gasteiger partial charge < -0.3 is 20.9 Å². The van der Waals surface area contributed by atoms with Crippen LogP contribution in [0.15, 0.2) is 54.6 Å². The fourth-order valence-corrected chi connectivity index (χ4v) is 5.89. The third-order valence-electron chi connectivity index (χ3n) is 7.99. The molecule has 2 saturated heterocycles. The van der Waals surface area contributed by atoms with Crippen molar-refractivity contribution in [2.24, 2.45) is 11.1 Å². The lowest BCUT2D eigenvalue weighted by Crippen LogP contribution is -2.59. The van der Waals surface area contributed by atoms with Crippen molar-refractivity contribution in [2.75, 3.05) is 26.7 Å². The number of aryl methyl sites for hydroxylation is 1. The minimum atomic E-state index is -1.13. The molecule has 8 heteroatoms. The van der Waals surface area contributed by atoms with Crippen LogP contribution < -0.4 is 11.1 Å². The van der Waals surface area contributed by atoms with Crippen LogP contribution in [0.25, 0.3) is 0 Å². The zero-order valence-corrected chi connectivity index (χ0v) is 22.6. The number of nitrogens with two attached hydrogens (primary N) is 1. The summed E-state index contributed by atoms with van der Waals surface area (Å²) in [5.74, 6) is -1.03. The van der Waals surface area contributed by atoms with Crippen molar-refractivity contribution >= 4 is 17.7 Å². The lowest BCUT2D eigenvalue weighted by molar-refractivity contribution is -0.146. The Hall–Kier alpha value is -3.26. The number of benzene rings is 2. The van der Waals surface area contributed by atoms with Crippen molar-refractivity contribution in [3.8, 4) is 0 Å². The molecule has 3 atom stereocenters. The van der Waals surface area contributed by atoms with Crippen molar-refractivity contribution < 1.29 is 18.8 Å². The van der Waals surface area contributed by atoms with Crippen LogP contribution in [0.1, 0.15) is 56.6 Å². The Kier molecular flexibility index (Phi) is 8.21. The van der Waals surface area contributed by atoms with Crippen LogP contribution in [0.2, 0.25) is 0 Å². The molecule has 4 rings (SSSR count). The van der Waals surface area contributed by atoms with Crippen LogP contribution in [0.5, 0.6) is 0 Å². The Morgan fingerprint density at radius 3 is 2.50 bits per heavy atom. The number of nitrogens with one attached hydrogen (secondary N) is 1. The summed E-state index contributed by atoms with van der Waals surface area (Å²) >= 11 is 0. The molecule has 204 valence electrons. The number of carbonyl (C=O) groups is 3. The first-order valence-corrected chi connectivity index (χ1v) is 13.4. The molecule has 3 N–H and O–H groups in total. The van der Waals surface area contributed by atoms with Gasteiger partial charge in [-0.15, -0.1) is 0 Å². The maximum absolute atomic E-state index is 13.9. The number of nitrogens with zero attached hydrogens (tertiary/aromatic N) is 2. The molecule has 2 unspecified atom stereocenters. The first-order chi connectivity index (χ1) is 18.0. The van der Waals surface area contributed by atoms with E-state index in [-0.39, 0.29) is 36.0 Å². The van der Waals surface area contributed by atoms with E-state index in [1.165, 1.54) is 17.7 Å². The minimum absolute atomic E-state index is 0.0112. The summed E-state index contributed by atoms with van der Waals surface area (Å²) < 4.78 is 13.6. The van der Waals surface area contributed by atoms with Gasteiger partial charge in [0.2, 0.25) is 17.7 Å². The topological polar surface area (TPSA) is 95.7 Å². The van der Waals surface area contributed by atoms with Gasteiger partial charge in [-0.2, -0.15) is 0 Å². The minimum Gasteiger partial charge on any atom is -0.345 e. The van der Waals surface area contributed by atoms with E-state index in [2.05, 4.69) is 5.32 Å². The van der Waals surface area contributed by atoms with Crippen molar-refractivity contribution in [1.29, 1.82) is 0 Å². The molecular formula is C30H39FN4O3. The van der Waals surface area contributed by atoms with Gasteiger partial charge >= 0.3 is 0 Å². The SMILES string of the molecule is CN1CC(c2ccc(F)cc2)C2(CCCN(C(=O)[C@@H](CCCc3ccccc3)NC(=O)C(C)(C)N)C2)C1=O. The van der Waals surface area contributed by atoms with Crippen molar-refractivity contribution in [2.45, 2.75) is 63.5 Å². The molecule has 2 heterocycles. The van der Waals surface area contributed by atoms with Crippen LogP contribution in [0, 0.1) is 11.2 Å². The third-order valence-corrected chi connectivity index (χ3v) is 7.99. The third kappa shape index (κ3) is 5.90. The summed E-state index contributed by atoms with van der Waals surface area (Å²) in [4.78, 5) is 43.7. The van der Waals surface area contributed by atoms with E-state index in [9.17, 15) is 18.8 Å². The van der Waals surface area contributed by atoms with E-state index in [1.807, 2.05) is 30.3 Å². The van der Waals surface area contributed by atoms with Crippen molar-refractivity contribution in [3.63, 3.8) is 0 Å². The number of likely N-dealkylation sites (N-methyl/N-ethyl adjacent to an activating group) is 1. The normalized spacial score (nSPS) is 22.6. The Morgan fingerprint density at radius 2 is 1.84 bits per heavy atom. The summed E-state index contributed by atoms with van der Waals surface area (Å²) in [5.41, 5.74) is 6.20. The number of piperidine rings is 1. The molecule has 0 aliphatic carbocycles. The molecule has 2 aromatic carbocycles. The summed E-state index contributed by atoms with van der Waals surface area (Å²) in [5, 5.41) is 2.90. The molecule has 0 saturated carbocycles. The smallest absolute Gasteiger partial charge is 0.245 e. The number of rotatable bonds is 8. The van der Waals surface area contributed by atoms with E-state index in [0.29, 0.717) is 38.8 Å². The molecule has 38 heavy (non-hydrogen) atoms. The Labute approximate surface area is 224 Å². The molecular weight excluding hydrogens is 483 g/mol. The predicted octanol–water partition coefficient (Wildman–Crippen LogP) is 3.24. The number of likely N-dealkylation sites (tertiary alicyclic amines) is 2. The molecule has 7 nitrogen and oxygen atoms in total. The Bertz CT molecular complexity index is 1150. The van der Waals surface area contributed by atoms with Gasteiger partial charge in [0.25, 0.3) is 0 Å². The van der Waals surface area contributed by atoms with E-state index in [1.54, 1.807) is 42.8 Å². The van der Waals surface area contributed by atoms with Gasteiger partial charge in [-0.3, -0.25) is 14.4 Å². The molecule has 2 aliphatic heterocycles. The van der Waals surface area contributed by atoms with E-state index in [4.69, 9.17) is 5.73 Å². The second kappa shape index (κ2) is 11.2. The lowest BCUT2D eigenvalue weighted by Gasteiger charge is -2.43. The van der Waals surface area contributed by atoms with Crippen molar-refractivity contribution in [1.82, 2.24) is 15.1 Å². The molecule has 3 amide bonds. The molecule has 2 aromatic rings. The Balaban J connectivity index is 1.55. The highest BCUT2D eigenvalue weighted by molar-refractivity contribution is 5.92. The average molecular weight is 523 g/mol. The van der Waals surface area contributed by atoms with Crippen molar-refractivity contribution in [3.05, 3.63) is 71.5 Å². The molecule has 0 bridgehead atoms. The number of carbonyl (C=O) groups excluding carboxylic acids is 3. The van der Waals surface area contributed by atoms with Crippen LogP contribution in [0.4, 0.5) is 4.39 Å². The van der Waals surface area contributed by atoms with E-state index < -0.39 is 17.0 Å². The monoisotopic (exact) mass is 522 g/mol. The van der Waals surface area contributed by atoms with E-state index in [0.717, 1.165) is 12.0 Å². The summed E-state index contributed by atoms with van der Waals surface area (Å²) in [6.45, 7) is 4.54. The fraction of sp³-hybridized carbons (Fsp3) is 0.500. The second-order valence-electron chi connectivity index (χ2n) is 11.4. The summed E-state index contributed by atoms with van der Waals surface area (Å²) in [7, 11) is 1.78. The standard InChI is InChI=1S/C30H39FN4O3/c1-29(2,32)27(37)33-25(12-7-11-21-9-5-4-6-10-21)26(36)35-18-8-17-30(20-35)24(19-34(3)28(30)38)22-13-15-23(31)16-14-22/h4-6,9-10,13-16,24-25H,7-8,11-12,17-20,32H2,1-3H3,(H,33,37)/t24?,25-,30?/m1/s1. The van der Waals surface area contributed by atoms with Gasteiger partial charge in [-0.1, -0.05) is 42.5 Å². The van der Waals surface area contributed by atoms with Gasteiger partial charge in [-0.05, 0) is 69.2 Å². The number of hydrogen-bond donors (Lipinski definition) is 2. The number of amides is 3. The second-order valence-corrected chi connectivity index (χ2v) is 11.4. The van der Waals surface area contributed by atoms with Gasteiger partial charge in [0.15, 0.2) is 0 Å². The van der Waals surface area contributed by atoms with Gasteiger partial charge in [0, 0.05) is 32.6 Å². The zero-order valence-electron chi connectivity index (χ0n) is 22.6.